The Morgan fingerprint density at radius 3 is 2.64 bits per heavy atom. The molecule has 2 fully saturated rings. The van der Waals surface area contributed by atoms with E-state index in [-0.39, 0.29) is 23.5 Å². The van der Waals surface area contributed by atoms with Gasteiger partial charge in [-0.05, 0) is 44.4 Å². The number of likely N-dealkylation sites (tertiary alicyclic amines) is 1. The summed E-state index contributed by atoms with van der Waals surface area (Å²) in [4.78, 5) is 45.4. The predicted molar refractivity (Wildman–Crippen MR) is 99.9 cm³/mol. The molecule has 8 nitrogen and oxygen atoms in total. The molecule has 2 aromatic heterocycles. The lowest BCUT2D eigenvalue weighted by Gasteiger charge is -2.15. The monoisotopic (exact) mass is 380 g/mol. The SMILES string of the molecule is CC(=O)Cc1cc(Oc2ccc(NC(=O)N3CCC4(CC4)C3=O)nc2)ccn1. The number of carbonyl (C=O) groups is 3. The fraction of sp³-hybridized carbons (Fsp3) is 0.350. The highest BCUT2D eigenvalue weighted by Crippen LogP contribution is 2.53. The second-order valence-electron chi connectivity index (χ2n) is 7.26. The smallest absolute Gasteiger partial charge is 0.329 e. The van der Waals surface area contributed by atoms with Crippen molar-refractivity contribution >= 4 is 23.5 Å². The summed E-state index contributed by atoms with van der Waals surface area (Å²) < 4.78 is 5.72. The number of ether oxygens (including phenoxy) is 1. The van der Waals surface area contributed by atoms with Crippen LogP contribution in [0.2, 0.25) is 0 Å². The van der Waals surface area contributed by atoms with Crippen LogP contribution in [0.15, 0.2) is 36.7 Å². The van der Waals surface area contributed by atoms with Crippen molar-refractivity contribution in [3.05, 3.63) is 42.4 Å². The number of amides is 3. The van der Waals surface area contributed by atoms with Gasteiger partial charge >= 0.3 is 6.03 Å². The van der Waals surface area contributed by atoms with Crippen LogP contribution in [0.1, 0.15) is 31.9 Å². The zero-order valence-electron chi connectivity index (χ0n) is 15.5. The summed E-state index contributed by atoms with van der Waals surface area (Å²) in [6.45, 7) is 1.96. The van der Waals surface area contributed by atoms with Gasteiger partial charge in [-0.1, -0.05) is 0 Å². The lowest BCUT2D eigenvalue weighted by Crippen LogP contribution is -2.37. The lowest BCUT2D eigenvalue weighted by molar-refractivity contribution is -0.129. The number of carbonyl (C=O) groups excluding carboxylic acids is 3. The van der Waals surface area contributed by atoms with E-state index in [9.17, 15) is 14.4 Å². The molecule has 1 saturated carbocycles. The van der Waals surface area contributed by atoms with Crippen molar-refractivity contribution in [2.24, 2.45) is 5.41 Å². The number of aromatic nitrogens is 2. The van der Waals surface area contributed by atoms with Gasteiger partial charge in [0.2, 0.25) is 5.91 Å². The van der Waals surface area contributed by atoms with Crippen LogP contribution in [0.25, 0.3) is 0 Å². The fourth-order valence-corrected chi connectivity index (χ4v) is 3.33. The second kappa shape index (κ2) is 7.03. The van der Waals surface area contributed by atoms with E-state index in [1.165, 1.54) is 18.0 Å². The number of rotatable bonds is 5. The Morgan fingerprint density at radius 1 is 1.18 bits per heavy atom. The molecule has 0 unspecified atom stereocenters. The summed E-state index contributed by atoms with van der Waals surface area (Å²) >= 11 is 0. The Morgan fingerprint density at radius 2 is 2.00 bits per heavy atom. The molecule has 3 heterocycles. The number of ketones is 1. The maximum absolute atomic E-state index is 12.3. The van der Waals surface area contributed by atoms with Crippen molar-refractivity contribution in [1.29, 1.82) is 0 Å². The van der Waals surface area contributed by atoms with Gasteiger partial charge in [0, 0.05) is 25.2 Å². The molecule has 2 aliphatic rings. The van der Waals surface area contributed by atoms with Crippen molar-refractivity contribution in [2.75, 3.05) is 11.9 Å². The third kappa shape index (κ3) is 3.71. The van der Waals surface area contributed by atoms with E-state index < -0.39 is 6.03 Å². The second-order valence-corrected chi connectivity index (χ2v) is 7.26. The predicted octanol–water partition coefficient (Wildman–Crippen LogP) is 2.94. The Balaban J connectivity index is 1.37. The number of Topliss-reactive ketones (excluding diaryl/α,β-unsaturated/α-hetero) is 1. The van der Waals surface area contributed by atoms with Gasteiger partial charge in [0.25, 0.3) is 0 Å². The Labute approximate surface area is 161 Å². The normalized spacial score (nSPS) is 16.9. The highest BCUT2D eigenvalue weighted by molar-refractivity contribution is 6.05. The standard InChI is InChI=1S/C20H20N4O4/c1-13(25)10-14-11-15(4-8-21-14)28-16-2-3-17(22-12-16)23-19(27)24-9-7-20(5-6-20)18(24)26/h2-4,8,11-12H,5-7,9-10H2,1H3,(H,22,23,27). The van der Waals surface area contributed by atoms with Crippen molar-refractivity contribution < 1.29 is 19.1 Å². The summed E-state index contributed by atoms with van der Waals surface area (Å²) in [6, 6.07) is 6.22. The number of pyridine rings is 2. The highest BCUT2D eigenvalue weighted by Gasteiger charge is 2.56. The molecule has 0 aromatic carbocycles. The van der Waals surface area contributed by atoms with Gasteiger partial charge in [-0.3, -0.25) is 24.8 Å². The minimum Gasteiger partial charge on any atom is -0.456 e. The lowest BCUT2D eigenvalue weighted by atomic mass is 10.1. The largest absolute Gasteiger partial charge is 0.456 e. The van der Waals surface area contributed by atoms with Crippen LogP contribution in [0.4, 0.5) is 10.6 Å². The van der Waals surface area contributed by atoms with Gasteiger partial charge in [0.15, 0.2) is 0 Å². The first-order chi connectivity index (χ1) is 13.4. The van der Waals surface area contributed by atoms with E-state index in [1.807, 2.05) is 0 Å². The molecule has 0 atom stereocenters. The average molecular weight is 380 g/mol. The molecule has 1 N–H and O–H groups in total. The average Bonchev–Trinajstić information content (AvgIpc) is 3.37. The maximum Gasteiger partial charge on any atom is 0.329 e. The van der Waals surface area contributed by atoms with E-state index in [2.05, 4.69) is 15.3 Å². The quantitative estimate of drug-likeness (QED) is 0.856. The van der Waals surface area contributed by atoms with E-state index in [0.717, 1.165) is 19.3 Å². The van der Waals surface area contributed by atoms with Crippen molar-refractivity contribution in [3.8, 4) is 11.5 Å². The van der Waals surface area contributed by atoms with Crippen LogP contribution in [0.3, 0.4) is 0 Å². The van der Waals surface area contributed by atoms with Crippen LogP contribution in [-0.4, -0.2) is 39.1 Å². The summed E-state index contributed by atoms with van der Waals surface area (Å²) in [6.07, 6.45) is 5.81. The van der Waals surface area contributed by atoms with Crippen LogP contribution >= 0.6 is 0 Å². The molecule has 1 spiro atoms. The Bertz CT molecular complexity index is 937. The number of nitrogens with one attached hydrogen (secondary N) is 1. The number of nitrogens with zero attached hydrogens (tertiary/aromatic N) is 3. The number of urea groups is 1. The van der Waals surface area contributed by atoms with Gasteiger partial charge < -0.3 is 4.74 Å². The van der Waals surface area contributed by atoms with Crippen LogP contribution in [-0.2, 0) is 16.0 Å². The minimum atomic E-state index is -0.446. The maximum atomic E-state index is 12.3. The fourth-order valence-electron chi connectivity index (χ4n) is 3.33. The van der Waals surface area contributed by atoms with Gasteiger partial charge in [0.05, 0.1) is 17.3 Å². The first-order valence-electron chi connectivity index (χ1n) is 9.16. The molecule has 144 valence electrons. The van der Waals surface area contributed by atoms with Gasteiger partial charge in [-0.25, -0.2) is 9.78 Å². The molecule has 28 heavy (non-hydrogen) atoms. The number of hydrogen-bond donors (Lipinski definition) is 1. The first-order valence-corrected chi connectivity index (χ1v) is 9.16. The van der Waals surface area contributed by atoms with Crippen LogP contribution in [0.5, 0.6) is 11.5 Å². The Kier molecular flexibility index (Phi) is 4.54. The van der Waals surface area contributed by atoms with Gasteiger partial charge in [0.1, 0.15) is 23.1 Å². The molecule has 1 aliphatic carbocycles. The topological polar surface area (TPSA) is 101 Å². The van der Waals surface area contributed by atoms with E-state index >= 15 is 0 Å². The van der Waals surface area contributed by atoms with Crippen LogP contribution in [0, 0.1) is 5.41 Å². The highest BCUT2D eigenvalue weighted by atomic mass is 16.5. The molecule has 3 amide bonds. The third-order valence-corrected chi connectivity index (χ3v) is 5.04. The summed E-state index contributed by atoms with van der Waals surface area (Å²) in [5, 5.41) is 2.65. The summed E-state index contributed by atoms with van der Waals surface area (Å²) in [5.74, 6) is 1.31. The van der Waals surface area contributed by atoms with Gasteiger partial charge in [-0.2, -0.15) is 0 Å². The number of anilines is 1. The molecular weight excluding hydrogens is 360 g/mol. The molecular formula is C20H20N4O4. The third-order valence-electron chi connectivity index (χ3n) is 5.04. The molecule has 4 rings (SSSR count). The zero-order valence-corrected chi connectivity index (χ0v) is 15.5. The van der Waals surface area contributed by atoms with Crippen molar-refractivity contribution in [3.63, 3.8) is 0 Å². The summed E-state index contributed by atoms with van der Waals surface area (Å²) in [7, 11) is 0. The zero-order chi connectivity index (χ0) is 19.7. The van der Waals surface area contributed by atoms with Crippen molar-refractivity contribution in [1.82, 2.24) is 14.9 Å². The van der Waals surface area contributed by atoms with E-state index in [0.29, 0.717) is 29.6 Å². The molecule has 8 heteroatoms. The van der Waals surface area contributed by atoms with Gasteiger partial charge in [-0.15, -0.1) is 0 Å². The molecule has 1 saturated heterocycles. The molecule has 1 aliphatic heterocycles. The molecule has 0 bridgehead atoms. The van der Waals surface area contributed by atoms with E-state index in [4.69, 9.17) is 4.74 Å². The van der Waals surface area contributed by atoms with Crippen molar-refractivity contribution in [2.45, 2.75) is 32.6 Å². The molecule has 0 radical (unpaired) electrons. The van der Waals surface area contributed by atoms with E-state index in [1.54, 1.807) is 30.5 Å². The minimum absolute atomic E-state index is 0.0236. The first kappa shape index (κ1) is 18.1. The molecule has 2 aromatic rings. The summed E-state index contributed by atoms with van der Waals surface area (Å²) in [5.41, 5.74) is 0.361. The van der Waals surface area contributed by atoms with Crippen LogP contribution < -0.4 is 10.1 Å². The number of imide groups is 1. The Hall–Kier alpha value is -3.29. The number of hydrogen-bond acceptors (Lipinski definition) is 6.